The molecule has 1 saturated heterocycles. The van der Waals surface area contributed by atoms with Gasteiger partial charge in [-0.3, -0.25) is 9.89 Å². The molecule has 1 fully saturated rings. The first-order valence-corrected chi connectivity index (χ1v) is 9.57. The van der Waals surface area contributed by atoms with Crippen molar-refractivity contribution in [2.24, 2.45) is 4.99 Å². The smallest absolute Gasteiger partial charge is 0.191 e. The maximum Gasteiger partial charge on any atom is 0.191 e. The molecule has 1 aliphatic heterocycles. The molecule has 6 heteroatoms. The van der Waals surface area contributed by atoms with Gasteiger partial charge in [-0.2, -0.15) is 0 Å². The van der Waals surface area contributed by atoms with Crippen molar-refractivity contribution < 1.29 is 0 Å². The van der Waals surface area contributed by atoms with E-state index in [1.807, 2.05) is 0 Å². The van der Waals surface area contributed by atoms with Crippen LogP contribution in [0.1, 0.15) is 34.1 Å². The summed E-state index contributed by atoms with van der Waals surface area (Å²) in [5.41, 5.74) is 1.38. The number of rotatable bonds is 6. The van der Waals surface area contributed by atoms with Gasteiger partial charge in [0, 0.05) is 57.0 Å². The summed E-state index contributed by atoms with van der Waals surface area (Å²) in [5.74, 6) is 0.920. The van der Waals surface area contributed by atoms with Crippen molar-refractivity contribution >= 4 is 35.6 Å². The Morgan fingerprint density at radius 3 is 2.31 bits per heavy atom. The summed E-state index contributed by atoms with van der Waals surface area (Å²) in [4.78, 5) is 9.74. The summed E-state index contributed by atoms with van der Waals surface area (Å²) >= 11 is 0. The molecule has 1 heterocycles. The van der Waals surface area contributed by atoms with Gasteiger partial charge in [-0.25, -0.2) is 0 Å². The van der Waals surface area contributed by atoms with E-state index < -0.39 is 0 Å². The highest BCUT2D eigenvalue weighted by Crippen LogP contribution is 2.15. The minimum absolute atomic E-state index is 0. The molecule has 0 aliphatic carbocycles. The van der Waals surface area contributed by atoms with Crippen molar-refractivity contribution in [1.29, 1.82) is 0 Å². The number of guanidine groups is 1. The quantitative estimate of drug-likeness (QED) is 0.288. The van der Waals surface area contributed by atoms with Crippen molar-refractivity contribution in [1.82, 2.24) is 15.5 Å². The van der Waals surface area contributed by atoms with Crippen molar-refractivity contribution in [3.8, 4) is 0 Å². The first-order valence-electron chi connectivity index (χ1n) is 9.57. The molecule has 148 valence electrons. The molecule has 5 nitrogen and oxygen atoms in total. The Balaban J connectivity index is 0.00000338. The van der Waals surface area contributed by atoms with Crippen molar-refractivity contribution in [3.05, 3.63) is 30.3 Å². The SMILES string of the molecule is CCNC(=NCCCN1CCN(c2ccccc2)CC1)NC(C)(C)C.I. The Labute approximate surface area is 176 Å². The Morgan fingerprint density at radius 2 is 1.73 bits per heavy atom. The van der Waals surface area contributed by atoms with Crippen LogP contribution in [0.4, 0.5) is 5.69 Å². The largest absolute Gasteiger partial charge is 0.369 e. The van der Waals surface area contributed by atoms with E-state index in [0.717, 1.165) is 58.2 Å². The first kappa shape index (κ1) is 23.0. The Morgan fingerprint density at radius 1 is 1.08 bits per heavy atom. The van der Waals surface area contributed by atoms with Crippen molar-refractivity contribution in [2.45, 2.75) is 39.7 Å². The van der Waals surface area contributed by atoms with Crippen LogP contribution in [-0.4, -0.2) is 62.2 Å². The maximum atomic E-state index is 4.70. The van der Waals surface area contributed by atoms with Crippen LogP contribution in [0.15, 0.2) is 35.3 Å². The van der Waals surface area contributed by atoms with E-state index in [0.29, 0.717) is 0 Å². The van der Waals surface area contributed by atoms with Crippen LogP contribution in [0.25, 0.3) is 0 Å². The lowest BCUT2D eigenvalue weighted by molar-refractivity contribution is 0.256. The monoisotopic (exact) mass is 473 g/mol. The zero-order chi connectivity index (χ0) is 18.1. The second-order valence-electron chi connectivity index (χ2n) is 7.65. The Bertz CT molecular complexity index is 519. The molecule has 1 aromatic rings. The topological polar surface area (TPSA) is 42.9 Å². The summed E-state index contributed by atoms with van der Waals surface area (Å²) in [6.07, 6.45) is 1.10. The maximum absolute atomic E-state index is 4.70. The minimum Gasteiger partial charge on any atom is -0.369 e. The fraction of sp³-hybridized carbons (Fsp3) is 0.650. The highest BCUT2D eigenvalue weighted by Gasteiger charge is 2.16. The van der Waals surface area contributed by atoms with Crippen LogP contribution in [0.3, 0.4) is 0 Å². The number of nitrogens with one attached hydrogen (secondary N) is 2. The molecule has 0 spiro atoms. The van der Waals surface area contributed by atoms with E-state index in [2.05, 4.69) is 78.5 Å². The third-order valence-electron chi connectivity index (χ3n) is 4.23. The summed E-state index contributed by atoms with van der Waals surface area (Å²) in [6.45, 7) is 16.0. The predicted molar refractivity (Wildman–Crippen MR) is 124 cm³/mol. The molecule has 0 radical (unpaired) electrons. The fourth-order valence-corrected chi connectivity index (χ4v) is 3.02. The summed E-state index contributed by atoms with van der Waals surface area (Å²) in [5, 5.41) is 6.76. The lowest BCUT2D eigenvalue weighted by Gasteiger charge is -2.36. The van der Waals surface area contributed by atoms with Gasteiger partial charge in [0.1, 0.15) is 0 Å². The van der Waals surface area contributed by atoms with E-state index in [9.17, 15) is 0 Å². The molecule has 26 heavy (non-hydrogen) atoms. The van der Waals surface area contributed by atoms with Gasteiger partial charge in [0.05, 0.1) is 0 Å². The normalized spacial score (nSPS) is 16.2. The average molecular weight is 473 g/mol. The first-order chi connectivity index (χ1) is 12.0. The number of halogens is 1. The van der Waals surface area contributed by atoms with Gasteiger partial charge < -0.3 is 15.5 Å². The third kappa shape index (κ3) is 8.58. The molecule has 1 aliphatic rings. The Hall–Kier alpha value is -1.02. The molecule has 0 amide bonds. The lowest BCUT2D eigenvalue weighted by atomic mass is 10.1. The number of nitrogens with zero attached hydrogens (tertiary/aromatic N) is 3. The molecule has 0 unspecified atom stereocenters. The Kier molecular flexibility index (Phi) is 10.3. The van der Waals surface area contributed by atoms with Crippen LogP contribution >= 0.6 is 24.0 Å². The van der Waals surface area contributed by atoms with Crippen LogP contribution in [-0.2, 0) is 0 Å². The van der Waals surface area contributed by atoms with Crippen LogP contribution in [0.5, 0.6) is 0 Å². The average Bonchev–Trinajstić information content (AvgIpc) is 2.59. The number of anilines is 1. The number of piperazine rings is 1. The zero-order valence-corrected chi connectivity index (χ0v) is 19.1. The molecule has 0 atom stereocenters. The fourth-order valence-electron chi connectivity index (χ4n) is 3.02. The van der Waals surface area contributed by atoms with Gasteiger partial charge >= 0.3 is 0 Å². The molecule has 0 saturated carbocycles. The molecule has 2 rings (SSSR count). The highest BCUT2D eigenvalue weighted by atomic mass is 127. The lowest BCUT2D eigenvalue weighted by Crippen LogP contribution is -2.48. The van der Waals surface area contributed by atoms with Gasteiger partial charge in [-0.15, -0.1) is 24.0 Å². The third-order valence-corrected chi connectivity index (χ3v) is 4.23. The molecule has 0 bridgehead atoms. The predicted octanol–water partition coefficient (Wildman–Crippen LogP) is 3.17. The summed E-state index contributed by atoms with van der Waals surface area (Å²) < 4.78 is 0. The molecular formula is C20H36IN5. The number of benzene rings is 1. The standard InChI is InChI=1S/C20H35N5.HI/c1-5-21-19(23-20(2,3)4)22-12-9-13-24-14-16-25(17-15-24)18-10-7-6-8-11-18;/h6-8,10-11H,5,9,12-17H2,1-4H3,(H2,21,22,23);1H. The second kappa shape index (κ2) is 11.6. The van der Waals surface area contributed by atoms with Crippen molar-refractivity contribution in [3.63, 3.8) is 0 Å². The number of hydrogen-bond acceptors (Lipinski definition) is 3. The number of para-hydroxylation sites is 1. The van der Waals surface area contributed by atoms with Gasteiger partial charge in [-0.1, -0.05) is 18.2 Å². The minimum atomic E-state index is 0. The van der Waals surface area contributed by atoms with Crippen molar-refractivity contribution in [2.75, 3.05) is 50.7 Å². The van der Waals surface area contributed by atoms with Crippen LogP contribution in [0.2, 0.25) is 0 Å². The summed E-state index contributed by atoms with van der Waals surface area (Å²) in [6, 6.07) is 10.7. The van der Waals surface area contributed by atoms with Gasteiger partial charge in [0.2, 0.25) is 0 Å². The van der Waals surface area contributed by atoms with Gasteiger partial charge in [-0.05, 0) is 46.2 Å². The van der Waals surface area contributed by atoms with Crippen LogP contribution < -0.4 is 15.5 Å². The summed E-state index contributed by atoms with van der Waals surface area (Å²) in [7, 11) is 0. The second-order valence-corrected chi connectivity index (χ2v) is 7.65. The zero-order valence-electron chi connectivity index (χ0n) is 16.8. The van der Waals surface area contributed by atoms with E-state index in [1.54, 1.807) is 0 Å². The van der Waals surface area contributed by atoms with E-state index in [-0.39, 0.29) is 29.5 Å². The van der Waals surface area contributed by atoms with E-state index >= 15 is 0 Å². The van der Waals surface area contributed by atoms with E-state index in [1.165, 1.54) is 5.69 Å². The van der Waals surface area contributed by atoms with E-state index in [4.69, 9.17) is 4.99 Å². The molecular weight excluding hydrogens is 437 g/mol. The number of aliphatic imine (C=N–C) groups is 1. The highest BCUT2D eigenvalue weighted by molar-refractivity contribution is 14.0. The molecule has 1 aromatic carbocycles. The molecule has 2 N–H and O–H groups in total. The van der Waals surface area contributed by atoms with Gasteiger partial charge in [0.15, 0.2) is 5.96 Å². The van der Waals surface area contributed by atoms with Crippen LogP contribution in [0, 0.1) is 0 Å². The molecule has 0 aromatic heterocycles. The van der Waals surface area contributed by atoms with Gasteiger partial charge in [0.25, 0.3) is 0 Å². The number of hydrogen-bond donors (Lipinski definition) is 2.